The first-order valence-electron chi connectivity index (χ1n) is 4.93. The smallest absolute Gasteiger partial charge is 0.218 e. The van der Waals surface area contributed by atoms with Crippen molar-refractivity contribution < 1.29 is 9.90 Å². The minimum Gasteiger partial charge on any atom is -0.508 e. The molecule has 0 bridgehead atoms. The molecule has 0 aliphatic carbocycles. The molecule has 0 radical (unpaired) electrons. The Labute approximate surface area is 94.5 Å². The van der Waals surface area contributed by atoms with Gasteiger partial charge in [-0.25, -0.2) is 0 Å². The van der Waals surface area contributed by atoms with Gasteiger partial charge in [0.25, 0.3) is 0 Å². The Balaban J connectivity index is 2.81. The fraction of sp³-hybridized carbons (Fsp3) is 0.333. The van der Waals surface area contributed by atoms with Crippen LogP contribution in [0.25, 0.3) is 0 Å². The molecule has 1 aromatic rings. The van der Waals surface area contributed by atoms with Crippen molar-refractivity contribution in [2.75, 3.05) is 0 Å². The van der Waals surface area contributed by atoms with E-state index in [4.69, 9.17) is 10.4 Å². The summed E-state index contributed by atoms with van der Waals surface area (Å²) in [6.45, 7) is 3.05. The molecular formula is C12H14N2O2. The molecule has 0 unspecified atom stereocenters. The second-order valence-electron chi connectivity index (χ2n) is 3.97. The monoisotopic (exact) mass is 218 g/mol. The van der Waals surface area contributed by atoms with Crippen LogP contribution in [0.3, 0.4) is 0 Å². The van der Waals surface area contributed by atoms with E-state index in [0.717, 1.165) is 5.56 Å². The maximum absolute atomic E-state index is 11.0. The number of amides is 1. The van der Waals surface area contributed by atoms with Gasteiger partial charge in [0.15, 0.2) is 0 Å². The number of phenolic OH excluding ortho intramolecular Hbond substituents is 1. The zero-order valence-electron chi connectivity index (χ0n) is 9.32. The van der Waals surface area contributed by atoms with E-state index in [0.29, 0.717) is 6.42 Å². The van der Waals surface area contributed by atoms with Gasteiger partial charge < -0.3 is 10.4 Å². The van der Waals surface area contributed by atoms with Crippen molar-refractivity contribution in [3.63, 3.8) is 0 Å². The molecular weight excluding hydrogens is 204 g/mol. The van der Waals surface area contributed by atoms with Gasteiger partial charge in [0.2, 0.25) is 5.91 Å². The van der Waals surface area contributed by atoms with Crippen LogP contribution in [0, 0.1) is 11.3 Å². The van der Waals surface area contributed by atoms with E-state index in [1.165, 1.54) is 6.92 Å². The average Bonchev–Trinajstić information content (AvgIpc) is 2.20. The lowest BCUT2D eigenvalue weighted by Gasteiger charge is -2.22. The van der Waals surface area contributed by atoms with Crippen LogP contribution < -0.4 is 5.32 Å². The summed E-state index contributed by atoms with van der Waals surface area (Å²) in [6.07, 6.45) is 0.406. The summed E-state index contributed by atoms with van der Waals surface area (Å²) >= 11 is 0. The number of carbonyl (C=O) groups is 1. The Morgan fingerprint density at radius 2 is 2.06 bits per heavy atom. The Kier molecular flexibility index (Phi) is 3.51. The summed E-state index contributed by atoms with van der Waals surface area (Å²) in [6, 6.07) is 8.65. The number of carbonyl (C=O) groups excluding carboxylic acids is 1. The third-order valence-corrected chi connectivity index (χ3v) is 2.19. The molecule has 2 N–H and O–H groups in total. The second-order valence-corrected chi connectivity index (χ2v) is 3.97. The number of nitrogens with one attached hydrogen (secondary N) is 1. The van der Waals surface area contributed by atoms with Crippen LogP contribution in [-0.2, 0) is 11.2 Å². The number of phenols is 1. The highest BCUT2D eigenvalue weighted by atomic mass is 16.3. The van der Waals surface area contributed by atoms with Crippen molar-refractivity contribution >= 4 is 5.91 Å². The quantitative estimate of drug-likeness (QED) is 0.804. The maximum Gasteiger partial charge on any atom is 0.218 e. The predicted molar refractivity (Wildman–Crippen MR) is 59.6 cm³/mol. The van der Waals surface area contributed by atoms with E-state index in [1.54, 1.807) is 31.2 Å². The number of aromatic hydroxyl groups is 1. The second kappa shape index (κ2) is 4.67. The minimum atomic E-state index is -0.914. The molecule has 0 fully saturated rings. The maximum atomic E-state index is 11.0. The van der Waals surface area contributed by atoms with E-state index in [1.807, 2.05) is 0 Å². The molecule has 0 aliphatic rings. The minimum absolute atomic E-state index is 0.182. The molecule has 0 saturated carbocycles. The highest BCUT2D eigenvalue weighted by molar-refractivity contribution is 5.74. The summed E-state index contributed by atoms with van der Waals surface area (Å²) in [4.78, 5) is 11.0. The standard InChI is InChI=1S/C12H14N2O2/c1-9(15)14-12(2,8-13)7-10-3-5-11(16)6-4-10/h3-6,16H,7H2,1-2H3,(H,14,15)/t12-/m0/s1. The molecule has 0 heterocycles. The van der Waals surface area contributed by atoms with Crippen molar-refractivity contribution in [3.8, 4) is 11.8 Å². The number of nitriles is 1. The van der Waals surface area contributed by atoms with Gasteiger partial charge >= 0.3 is 0 Å². The first kappa shape index (κ1) is 12.1. The zero-order valence-corrected chi connectivity index (χ0v) is 9.32. The Bertz CT molecular complexity index is 420. The molecule has 4 nitrogen and oxygen atoms in total. The van der Waals surface area contributed by atoms with Crippen LogP contribution in [0.1, 0.15) is 19.4 Å². The summed E-state index contributed by atoms with van der Waals surface area (Å²) < 4.78 is 0. The molecule has 1 atom stereocenters. The largest absolute Gasteiger partial charge is 0.508 e. The predicted octanol–water partition coefficient (Wildman–Crippen LogP) is 1.35. The molecule has 0 saturated heterocycles. The van der Waals surface area contributed by atoms with E-state index < -0.39 is 5.54 Å². The van der Waals surface area contributed by atoms with Crippen molar-refractivity contribution in [2.45, 2.75) is 25.8 Å². The van der Waals surface area contributed by atoms with Crippen LogP contribution in [-0.4, -0.2) is 16.6 Å². The van der Waals surface area contributed by atoms with E-state index in [9.17, 15) is 4.79 Å². The summed E-state index contributed by atoms with van der Waals surface area (Å²) in [5.74, 6) is -0.0511. The van der Waals surface area contributed by atoms with Crippen LogP contribution in [0.5, 0.6) is 5.75 Å². The first-order chi connectivity index (χ1) is 7.45. The Morgan fingerprint density at radius 1 is 1.50 bits per heavy atom. The van der Waals surface area contributed by atoms with Gasteiger partial charge in [0.1, 0.15) is 11.3 Å². The van der Waals surface area contributed by atoms with Crippen molar-refractivity contribution in [3.05, 3.63) is 29.8 Å². The fourth-order valence-electron chi connectivity index (χ4n) is 1.52. The Hall–Kier alpha value is -2.02. The number of hydrogen-bond acceptors (Lipinski definition) is 3. The van der Waals surface area contributed by atoms with Crippen molar-refractivity contribution in [2.24, 2.45) is 0 Å². The molecule has 1 aromatic carbocycles. The lowest BCUT2D eigenvalue weighted by atomic mass is 9.94. The molecule has 0 aromatic heterocycles. The van der Waals surface area contributed by atoms with Crippen LogP contribution >= 0.6 is 0 Å². The third kappa shape index (κ3) is 3.28. The zero-order chi connectivity index (χ0) is 12.2. The van der Waals surface area contributed by atoms with Gasteiger partial charge in [-0.05, 0) is 24.6 Å². The highest BCUT2D eigenvalue weighted by Gasteiger charge is 2.24. The normalized spacial score (nSPS) is 13.6. The molecule has 1 amide bonds. The topological polar surface area (TPSA) is 73.1 Å². The highest BCUT2D eigenvalue weighted by Crippen LogP contribution is 2.15. The molecule has 16 heavy (non-hydrogen) atoms. The first-order valence-corrected chi connectivity index (χ1v) is 4.93. The number of rotatable bonds is 3. The Morgan fingerprint density at radius 3 is 2.50 bits per heavy atom. The van der Waals surface area contributed by atoms with Gasteiger partial charge in [-0.15, -0.1) is 0 Å². The van der Waals surface area contributed by atoms with E-state index in [2.05, 4.69) is 11.4 Å². The van der Waals surface area contributed by atoms with Gasteiger partial charge in [0.05, 0.1) is 6.07 Å². The van der Waals surface area contributed by atoms with E-state index >= 15 is 0 Å². The lowest BCUT2D eigenvalue weighted by Crippen LogP contribution is -2.45. The summed E-state index contributed by atoms with van der Waals surface area (Å²) in [5, 5.41) is 20.8. The lowest BCUT2D eigenvalue weighted by molar-refractivity contribution is -0.120. The van der Waals surface area contributed by atoms with Gasteiger partial charge in [-0.3, -0.25) is 4.79 Å². The number of nitrogens with zero attached hydrogens (tertiary/aromatic N) is 1. The number of hydrogen-bond donors (Lipinski definition) is 2. The fourth-order valence-corrected chi connectivity index (χ4v) is 1.52. The average molecular weight is 218 g/mol. The van der Waals surface area contributed by atoms with Crippen molar-refractivity contribution in [1.82, 2.24) is 5.32 Å². The van der Waals surface area contributed by atoms with Crippen molar-refractivity contribution in [1.29, 1.82) is 5.26 Å². The van der Waals surface area contributed by atoms with Gasteiger partial charge in [0, 0.05) is 13.3 Å². The summed E-state index contributed by atoms with van der Waals surface area (Å²) in [5.41, 5.74) is -0.0291. The van der Waals surface area contributed by atoms with Gasteiger partial charge in [-0.1, -0.05) is 12.1 Å². The SMILES string of the molecule is CC(=O)N[C@](C)(C#N)Cc1ccc(O)cc1. The van der Waals surface area contributed by atoms with Crippen LogP contribution in [0.4, 0.5) is 0 Å². The molecule has 1 rings (SSSR count). The molecule has 0 aliphatic heterocycles. The molecule has 4 heteroatoms. The summed E-state index contributed by atoms with van der Waals surface area (Å²) in [7, 11) is 0. The number of benzene rings is 1. The van der Waals surface area contributed by atoms with Gasteiger partial charge in [-0.2, -0.15) is 5.26 Å². The third-order valence-electron chi connectivity index (χ3n) is 2.19. The van der Waals surface area contributed by atoms with Crippen LogP contribution in [0.2, 0.25) is 0 Å². The van der Waals surface area contributed by atoms with Crippen LogP contribution in [0.15, 0.2) is 24.3 Å². The van der Waals surface area contributed by atoms with E-state index in [-0.39, 0.29) is 11.7 Å². The molecule has 84 valence electrons. The molecule has 0 spiro atoms.